The highest BCUT2D eigenvalue weighted by atomic mass is 16.5. The van der Waals surface area contributed by atoms with Crippen LogP contribution in [-0.2, 0) is 11.3 Å². The van der Waals surface area contributed by atoms with Crippen LogP contribution >= 0.6 is 0 Å². The number of amides is 1. The topological polar surface area (TPSA) is 71.7 Å². The Balaban J connectivity index is 1.46. The molecular weight excluding hydrogens is 320 g/mol. The molecular formula is C18H22N4O3. The summed E-state index contributed by atoms with van der Waals surface area (Å²) in [7, 11) is 0. The molecule has 2 aliphatic rings. The molecule has 0 N–H and O–H groups in total. The van der Waals surface area contributed by atoms with Gasteiger partial charge in [0.2, 0.25) is 0 Å². The highest BCUT2D eigenvalue weighted by Gasteiger charge is 2.42. The lowest BCUT2D eigenvalue weighted by molar-refractivity contribution is 0.0637. The summed E-state index contributed by atoms with van der Waals surface area (Å²) in [6.07, 6.45) is 7.37. The van der Waals surface area contributed by atoms with E-state index in [9.17, 15) is 4.79 Å². The van der Waals surface area contributed by atoms with Gasteiger partial charge in [-0.15, -0.1) is 0 Å². The van der Waals surface area contributed by atoms with Gasteiger partial charge < -0.3 is 14.1 Å². The third-order valence-electron chi connectivity index (χ3n) is 4.99. The summed E-state index contributed by atoms with van der Waals surface area (Å²) in [6.45, 7) is 5.21. The molecule has 0 bridgehead atoms. The largest absolute Gasteiger partial charge is 0.468 e. The van der Waals surface area contributed by atoms with E-state index in [1.807, 2.05) is 17.0 Å². The Kier molecular flexibility index (Phi) is 4.50. The summed E-state index contributed by atoms with van der Waals surface area (Å²) in [4.78, 5) is 25.2. The van der Waals surface area contributed by atoms with Crippen molar-refractivity contribution < 1.29 is 13.9 Å². The SMILES string of the molecule is O=C(c1cnccn1)N1CCOCC2(CCN(Cc3ccco3)C2)C1. The molecule has 0 saturated carbocycles. The molecule has 7 heteroatoms. The summed E-state index contributed by atoms with van der Waals surface area (Å²) in [5, 5.41) is 0. The number of carbonyl (C=O) groups excluding carboxylic acids is 1. The summed E-state index contributed by atoms with van der Waals surface area (Å²) in [6, 6.07) is 3.91. The molecule has 1 unspecified atom stereocenters. The van der Waals surface area contributed by atoms with Gasteiger partial charge >= 0.3 is 0 Å². The Morgan fingerprint density at radius 1 is 1.28 bits per heavy atom. The van der Waals surface area contributed by atoms with Crippen molar-refractivity contribution in [3.8, 4) is 0 Å². The first-order valence-electron chi connectivity index (χ1n) is 8.62. The van der Waals surface area contributed by atoms with Gasteiger partial charge in [0.05, 0.1) is 32.2 Å². The van der Waals surface area contributed by atoms with E-state index in [-0.39, 0.29) is 11.3 Å². The second kappa shape index (κ2) is 6.93. The zero-order chi connectivity index (χ0) is 17.1. The van der Waals surface area contributed by atoms with Crippen LogP contribution in [0.4, 0.5) is 0 Å². The third kappa shape index (κ3) is 3.57. The predicted molar refractivity (Wildman–Crippen MR) is 89.8 cm³/mol. The van der Waals surface area contributed by atoms with Crippen LogP contribution in [-0.4, -0.2) is 65.1 Å². The molecule has 2 fully saturated rings. The second-order valence-electron chi connectivity index (χ2n) is 6.91. The maximum absolute atomic E-state index is 12.8. The van der Waals surface area contributed by atoms with Gasteiger partial charge in [-0.2, -0.15) is 0 Å². The first-order valence-corrected chi connectivity index (χ1v) is 8.62. The van der Waals surface area contributed by atoms with Crippen LogP contribution in [0.2, 0.25) is 0 Å². The van der Waals surface area contributed by atoms with Crippen molar-refractivity contribution in [1.82, 2.24) is 19.8 Å². The first-order chi connectivity index (χ1) is 12.2. The molecule has 2 aromatic rings. The highest BCUT2D eigenvalue weighted by molar-refractivity contribution is 5.92. The molecule has 132 valence electrons. The van der Waals surface area contributed by atoms with Crippen molar-refractivity contribution in [2.24, 2.45) is 5.41 Å². The Morgan fingerprint density at radius 3 is 3.04 bits per heavy atom. The van der Waals surface area contributed by atoms with Crippen molar-refractivity contribution in [2.75, 3.05) is 39.4 Å². The zero-order valence-corrected chi connectivity index (χ0v) is 14.1. The monoisotopic (exact) mass is 342 g/mol. The van der Waals surface area contributed by atoms with E-state index in [2.05, 4.69) is 14.9 Å². The zero-order valence-electron chi connectivity index (χ0n) is 14.1. The van der Waals surface area contributed by atoms with E-state index < -0.39 is 0 Å². The van der Waals surface area contributed by atoms with Gasteiger partial charge in [-0.25, -0.2) is 4.98 Å². The molecule has 1 amide bonds. The van der Waals surface area contributed by atoms with E-state index in [1.165, 1.54) is 6.20 Å². The number of aromatic nitrogens is 2. The predicted octanol–water partition coefficient (Wildman–Crippen LogP) is 1.43. The molecule has 4 heterocycles. The Hall–Kier alpha value is -2.25. The van der Waals surface area contributed by atoms with E-state index in [1.54, 1.807) is 18.7 Å². The second-order valence-corrected chi connectivity index (χ2v) is 6.91. The van der Waals surface area contributed by atoms with Crippen LogP contribution in [0.1, 0.15) is 22.7 Å². The molecule has 25 heavy (non-hydrogen) atoms. The maximum Gasteiger partial charge on any atom is 0.274 e. The number of rotatable bonds is 3. The minimum absolute atomic E-state index is 0.0268. The van der Waals surface area contributed by atoms with Gasteiger partial charge in [0.1, 0.15) is 11.5 Å². The number of likely N-dealkylation sites (tertiary alicyclic amines) is 1. The maximum atomic E-state index is 12.8. The molecule has 2 aromatic heterocycles. The van der Waals surface area contributed by atoms with Crippen molar-refractivity contribution in [2.45, 2.75) is 13.0 Å². The molecule has 1 atom stereocenters. The van der Waals surface area contributed by atoms with E-state index in [0.717, 1.165) is 31.8 Å². The lowest BCUT2D eigenvalue weighted by Crippen LogP contribution is -2.43. The van der Waals surface area contributed by atoms with Crippen molar-refractivity contribution in [3.05, 3.63) is 48.4 Å². The Morgan fingerprint density at radius 2 is 2.24 bits per heavy atom. The minimum Gasteiger partial charge on any atom is -0.468 e. The summed E-state index contributed by atoms with van der Waals surface area (Å²) in [5.74, 6) is 0.904. The number of ether oxygens (including phenoxy) is 1. The highest BCUT2D eigenvalue weighted by Crippen LogP contribution is 2.34. The van der Waals surface area contributed by atoms with Crippen LogP contribution in [0.5, 0.6) is 0 Å². The number of nitrogens with zero attached hydrogens (tertiary/aromatic N) is 4. The van der Waals surface area contributed by atoms with Gasteiger partial charge in [-0.3, -0.25) is 14.7 Å². The van der Waals surface area contributed by atoms with Gasteiger partial charge in [-0.1, -0.05) is 0 Å². The van der Waals surface area contributed by atoms with E-state index >= 15 is 0 Å². The van der Waals surface area contributed by atoms with E-state index in [0.29, 0.717) is 32.0 Å². The van der Waals surface area contributed by atoms with Crippen molar-refractivity contribution >= 4 is 5.91 Å². The third-order valence-corrected chi connectivity index (χ3v) is 4.99. The quantitative estimate of drug-likeness (QED) is 0.840. The number of hydrogen-bond acceptors (Lipinski definition) is 6. The Bertz CT molecular complexity index is 706. The normalized spacial score (nSPS) is 24.6. The molecule has 2 saturated heterocycles. The van der Waals surface area contributed by atoms with Crippen LogP contribution in [0.15, 0.2) is 41.4 Å². The smallest absolute Gasteiger partial charge is 0.274 e. The Labute approximate surface area is 146 Å². The fourth-order valence-electron chi connectivity index (χ4n) is 3.77. The molecule has 7 nitrogen and oxygen atoms in total. The standard InChI is InChI=1S/C18H22N4O3/c23-17(16-10-19-4-5-20-16)22-7-9-24-14-18(13-22)3-6-21(12-18)11-15-2-1-8-25-15/h1-2,4-5,8,10H,3,6-7,9,11-14H2. The molecule has 2 aliphatic heterocycles. The minimum atomic E-state index is -0.0672. The van der Waals surface area contributed by atoms with Crippen molar-refractivity contribution in [3.63, 3.8) is 0 Å². The molecule has 0 aliphatic carbocycles. The van der Waals surface area contributed by atoms with Crippen LogP contribution in [0.25, 0.3) is 0 Å². The number of carbonyl (C=O) groups is 1. The summed E-state index contributed by atoms with van der Waals surface area (Å²) in [5.41, 5.74) is 0.367. The fourth-order valence-corrected chi connectivity index (χ4v) is 3.77. The molecule has 4 rings (SSSR count). The molecule has 0 radical (unpaired) electrons. The fraction of sp³-hybridized carbons (Fsp3) is 0.500. The lowest BCUT2D eigenvalue weighted by Gasteiger charge is -2.31. The number of hydrogen-bond donors (Lipinski definition) is 0. The van der Waals surface area contributed by atoms with Crippen LogP contribution in [0, 0.1) is 5.41 Å². The molecule has 1 spiro atoms. The van der Waals surface area contributed by atoms with Gasteiger partial charge in [0.25, 0.3) is 5.91 Å². The average molecular weight is 342 g/mol. The summed E-state index contributed by atoms with van der Waals surface area (Å²) < 4.78 is 11.3. The van der Waals surface area contributed by atoms with Crippen LogP contribution in [0.3, 0.4) is 0 Å². The summed E-state index contributed by atoms with van der Waals surface area (Å²) >= 11 is 0. The van der Waals surface area contributed by atoms with Gasteiger partial charge in [0, 0.05) is 37.4 Å². The van der Waals surface area contributed by atoms with Gasteiger partial charge in [-0.05, 0) is 25.1 Å². The number of furan rings is 1. The molecule has 0 aromatic carbocycles. The van der Waals surface area contributed by atoms with E-state index in [4.69, 9.17) is 9.15 Å². The lowest BCUT2D eigenvalue weighted by atomic mass is 9.87. The van der Waals surface area contributed by atoms with Crippen LogP contribution < -0.4 is 0 Å². The first kappa shape index (κ1) is 16.2. The average Bonchev–Trinajstić information content (AvgIpc) is 3.23. The van der Waals surface area contributed by atoms with Crippen molar-refractivity contribution in [1.29, 1.82) is 0 Å². The van der Waals surface area contributed by atoms with Gasteiger partial charge in [0.15, 0.2) is 0 Å².